The largest absolute Gasteiger partial charge is 0.496 e. The van der Waals surface area contributed by atoms with Crippen LogP contribution in [0, 0.1) is 13.8 Å². The first kappa shape index (κ1) is 31.8. The molecule has 0 aliphatic rings. The minimum Gasteiger partial charge on any atom is -0.496 e. The van der Waals surface area contributed by atoms with Gasteiger partial charge >= 0.3 is 20.2 Å². The lowest BCUT2D eigenvalue weighted by Gasteiger charge is -2.22. The van der Waals surface area contributed by atoms with Gasteiger partial charge in [-0.2, -0.15) is 16.8 Å². The molecule has 0 atom stereocenters. The van der Waals surface area contributed by atoms with Crippen LogP contribution in [-0.4, -0.2) is 50.2 Å². The van der Waals surface area contributed by atoms with Crippen molar-refractivity contribution in [1.82, 2.24) is 0 Å². The van der Waals surface area contributed by atoms with E-state index in [4.69, 9.17) is 22.6 Å². The van der Waals surface area contributed by atoms with Crippen molar-refractivity contribution >= 4 is 20.2 Å². The molecule has 0 saturated heterocycles. The topological polar surface area (TPSA) is 114 Å². The van der Waals surface area contributed by atoms with Gasteiger partial charge in [0.15, 0.2) is 11.5 Å². The molecule has 0 unspecified atom stereocenters. The summed E-state index contributed by atoms with van der Waals surface area (Å²) in [5, 5.41) is 0. The van der Waals surface area contributed by atoms with Crippen LogP contribution in [0.5, 0.6) is 28.7 Å². The minimum atomic E-state index is -3.99. The number of hydrogen-bond donors (Lipinski definition) is 0. The zero-order valence-electron chi connectivity index (χ0n) is 24.5. The van der Waals surface area contributed by atoms with E-state index in [1.165, 1.54) is 31.9 Å². The Balaban J connectivity index is 2.21. The van der Waals surface area contributed by atoms with Crippen molar-refractivity contribution in [3.05, 3.63) is 65.2 Å². The van der Waals surface area contributed by atoms with Crippen LogP contribution < -0.4 is 22.6 Å². The van der Waals surface area contributed by atoms with Gasteiger partial charge in [0.1, 0.15) is 17.2 Å². The van der Waals surface area contributed by atoms with E-state index in [9.17, 15) is 16.8 Å². The van der Waals surface area contributed by atoms with Crippen molar-refractivity contribution in [1.29, 1.82) is 0 Å². The molecule has 0 saturated carbocycles. The third kappa shape index (κ3) is 8.40. The molecule has 222 valence electrons. The fourth-order valence-electron chi connectivity index (χ4n) is 4.39. The zero-order chi connectivity index (χ0) is 30.5. The van der Waals surface area contributed by atoms with Gasteiger partial charge in [-0.1, -0.05) is 23.8 Å². The molecule has 3 aromatic rings. The lowest BCUT2D eigenvalue weighted by atomic mass is 9.94. The number of methoxy groups -OCH3 is 2. The first-order valence-electron chi connectivity index (χ1n) is 12.7. The maximum atomic E-state index is 12.4. The van der Waals surface area contributed by atoms with E-state index in [-0.39, 0.29) is 17.2 Å². The predicted molar refractivity (Wildman–Crippen MR) is 160 cm³/mol. The highest BCUT2D eigenvalue weighted by molar-refractivity contribution is 7.86. The molecule has 0 aliphatic carbocycles. The molecule has 0 spiro atoms. The highest BCUT2D eigenvalue weighted by Crippen LogP contribution is 2.51. The maximum absolute atomic E-state index is 12.4. The van der Waals surface area contributed by atoms with Crippen molar-refractivity contribution in [3.8, 4) is 51.0 Å². The monoisotopic (exact) mass is 604 g/mol. The summed E-state index contributed by atoms with van der Waals surface area (Å²) in [6, 6.07) is 11.7. The molecule has 3 aromatic carbocycles. The first-order valence-corrected chi connectivity index (χ1v) is 16.3. The summed E-state index contributed by atoms with van der Waals surface area (Å²) in [6.45, 7) is 8.44. The molecule has 41 heavy (non-hydrogen) atoms. The summed E-state index contributed by atoms with van der Waals surface area (Å²) < 4.78 is 75.9. The van der Waals surface area contributed by atoms with Crippen LogP contribution in [0.15, 0.2) is 54.1 Å². The Morgan fingerprint density at radius 2 is 1.34 bits per heavy atom. The molecule has 0 N–H and O–H groups in total. The molecule has 11 heteroatoms. The predicted octanol–water partition coefficient (Wildman–Crippen LogP) is 6.07. The van der Waals surface area contributed by atoms with Gasteiger partial charge in [0.25, 0.3) is 0 Å². The quantitative estimate of drug-likeness (QED) is 0.138. The molecule has 0 aliphatic heterocycles. The van der Waals surface area contributed by atoms with Crippen LogP contribution in [0.1, 0.15) is 31.4 Å². The standard InChI is InChI=1S/C30H36O9S2/c1-19(2)10-9-15-37-28-20(3)16-23(17-21(28)4)27-26(35-5)18-25(29(36-6)30(27)39-41(8,33)34)22-11-13-24(14-12-22)38-40(7,31)32/h10-14,16-18H,9,15H2,1-8H3. The fraction of sp³-hybridized carbons (Fsp3) is 0.333. The Labute approximate surface area is 242 Å². The van der Waals surface area contributed by atoms with Crippen molar-refractivity contribution in [2.75, 3.05) is 33.3 Å². The van der Waals surface area contributed by atoms with Crippen LogP contribution in [0.4, 0.5) is 0 Å². The molecule has 0 amide bonds. The maximum Gasteiger partial charge on any atom is 0.306 e. The number of rotatable bonds is 12. The zero-order valence-corrected chi connectivity index (χ0v) is 26.2. The van der Waals surface area contributed by atoms with Gasteiger partial charge in [-0.3, -0.25) is 0 Å². The van der Waals surface area contributed by atoms with E-state index < -0.39 is 20.2 Å². The molecule has 9 nitrogen and oxygen atoms in total. The number of allylic oxidation sites excluding steroid dienone is 1. The highest BCUT2D eigenvalue weighted by atomic mass is 32.2. The van der Waals surface area contributed by atoms with Gasteiger partial charge in [-0.25, -0.2) is 0 Å². The number of hydrogen-bond acceptors (Lipinski definition) is 9. The molecular weight excluding hydrogens is 568 g/mol. The van der Waals surface area contributed by atoms with E-state index in [0.717, 1.165) is 35.8 Å². The number of benzene rings is 3. The molecule has 0 bridgehead atoms. The average molecular weight is 605 g/mol. The van der Waals surface area contributed by atoms with Crippen LogP contribution in [0.3, 0.4) is 0 Å². The van der Waals surface area contributed by atoms with Gasteiger partial charge < -0.3 is 22.6 Å². The van der Waals surface area contributed by atoms with Crippen LogP contribution in [0.25, 0.3) is 22.3 Å². The average Bonchev–Trinajstić information content (AvgIpc) is 2.85. The van der Waals surface area contributed by atoms with Gasteiger partial charge in [0, 0.05) is 5.56 Å². The molecule has 0 aromatic heterocycles. The van der Waals surface area contributed by atoms with E-state index in [1.807, 2.05) is 39.8 Å². The Morgan fingerprint density at radius 1 is 0.756 bits per heavy atom. The van der Waals surface area contributed by atoms with E-state index >= 15 is 0 Å². The second kappa shape index (κ2) is 12.9. The molecule has 3 rings (SSSR count). The molecular formula is C30H36O9S2. The molecule has 0 radical (unpaired) electrons. The van der Waals surface area contributed by atoms with Gasteiger partial charge in [-0.15, -0.1) is 0 Å². The van der Waals surface area contributed by atoms with Gasteiger partial charge in [0.2, 0.25) is 0 Å². The molecule has 0 heterocycles. The van der Waals surface area contributed by atoms with Crippen LogP contribution in [-0.2, 0) is 20.2 Å². The summed E-state index contributed by atoms with van der Waals surface area (Å²) in [5.41, 5.74) is 5.01. The lowest BCUT2D eigenvalue weighted by molar-refractivity contribution is 0.320. The van der Waals surface area contributed by atoms with Crippen molar-refractivity contribution < 1.29 is 39.4 Å². The number of ether oxygens (including phenoxy) is 3. The summed E-state index contributed by atoms with van der Waals surface area (Å²) in [6.07, 6.45) is 4.80. The second-order valence-electron chi connectivity index (χ2n) is 9.82. The second-order valence-corrected chi connectivity index (χ2v) is 13.0. The normalized spacial score (nSPS) is 11.5. The third-order valence-electron chi connectivity index (χ3n) is 5.94. The minimum absolute atomic E-state index is 0.0446. The summed E-state index contributed by atoms with van der Waals surface area (Å²) >= 11 is 0. The van der Waals surface area contributed by atoms with Crippen molar-refractivity contribution in [2.24, 2.45) is 0 Å². The first-order chi connectivity index (χ1) is 19.1. The van der Waals surface area contributed by atoms with E-state index in [2.05, 4.69) is 6.08 Å². The SMILES string of the molecule is COc1cc(-c2ccc(OS(C)(=O)=O)cc2)c(OC)c(OS(C)(=O)=O)c1-c1cc(C)c(OCCC=C(C)C)c(C)c1. The van der Waals surface area contributed by atoms with Crippen LogP contribution in [0.2, 0.25) is 0 Å². The third-order valence-corrected chi connectivity index (χ3v) is 6.90. The summed E-state index contributed by atoms with van der Waals surface area (Å²) in [4.78, 5) is 0. The van der Waals surface area contributed by atoms with Crippen LogP contribution >= 0.6 is 0 Å². The lowest BCUT2D eigenvalue weighted by Crippen LogP contribution is -2.09. The number of aryl methyl sites for hydroxylation is 2. The van der Waals surface area contributed by atoms with E-state index in [0.29, 0.717) is 34.6 Å². The van der Waals surface area contributed by atoms with E-state index in [1.54, 1.807) is 18.2 Å². The highest BCUT2D eigenvalue weighted by Gasteiger charge is 2.27. The Kier molecular flexibility index (Phi) is 9.98. The van der Waals surface area contributed by atoms with Gasteiger partial charge in [-0.05, 0) is 86.7 Å². The Hall–Kier alpha value is -3.70. The summed E-state index contributed by atoms with van der Waals surface area (Å²) in [7, 11) is -4.82. The molecule has 0 fully saturated rings. The van der Waals surface area contributed by atoms with Crippen molar-refractivity contribution in [3.63, 3.8) is 0 Å². The Bertz CT molecular complexity index is 1630. The van der Waals surface area contributed by atoms with Gasteiger partial charge in [0.05, 0.1) is 38.9 Å². The smallest absolute Gasteiger partial charge is 0.306 e. The fourth-order valence-corrected chi connectivity index (χ4v) is 5.32. The Morgan fingerprint density at radius 3 is 1.83 bits per heavy atom. The van der Waals surface area contributed by atoms with Crippen molar-refractivity contribution in [2.45, 2.75) is 34.1 Å². The summed E-state index contributed by atoms with van der Waals surface area (Å²) in [5.74, 6) is 1.32.